The van der Waals surface area contributed by atoms with E-state index in [9.17, 15) is 13.2 Å². The standard InChI is InChI=1S/C11H7ClF3N3/c12-9-1-5(16)2-10(18-9)17-6-3-7(13)11(15)8(14)4-6/h1-4H,(H3,16,17,18). The van der Waals surface area contributed by atoms with Crippen LogP contribution in [-0.4, -0.2) is 4.98 Å². The van der Waals surface area contributed by atoms with Crippen LogP contribution in [0.25, 0.3) is 0 Å². The third-order valence-electron chi connectivity index (χ3n) is 2.07. The minimum absolute atomic E-state index is 0.000525. The van der Waals surface area contributed by atoms with Gasteiger partial charge in [0.25, 0.3) is 0 Å². The van der Waals surface area contributed by atoms with Gasteiger partial charge in [0.15, 0.2) is 17.5 Å². The molecule has 0 aliphatic heterocycles. The van der Waals surface area contributed by atoms with E-state index in [1.54, 1.807) is 0 Å². The van der Waals surface area contributed by atoms with Crippen molar-refractivity contribution in [1.29, 1.82) is 0 Å². The highest BCUT2D eigenvalue weighted by Gasteiger charge is 2.11. The normalized spacial score (nSPS) is 10.4. The maximum absolute atomic E-state index is 13.0. The Bertz CT molecular complexity index is 561. The van der Waals surface area contributed by atoms with Gasteiger partial charge < -0.3 is 11.1 Å². The van der Waals surface area contributed by atoms with E-state index < -0.39 is 17.5 Å². The molecule has 0 aliphatic rings. The molecule has 0 radical (unpaired) electrons. The smallest absolute Gasteiger partial charge is 0.194 e. The lowest BCUT2D eigenvalue weighted by Crippen LogP contribution is -1.99. The number of nitrogen functional groups attached to an aromatic ring is 1. The molecule has 0 unspecified atom stereocenters. The van der Waals surface area contributed by atoms with Crippen LogP contribution in [-0.2, 0) is 0 Å². The molecular weight excluding hydrogens is 267 g/mol. The molecule has 0 saturated carbocycles. The summed E-state index contributed by atoms with van der Waals surface area (Å²) in [5, 5.41) is 2.70. The summed E-state index contributed by atoms with van der Waals surface area (Å²) >= 11 is 5.66. The summed E-state index contributed by atoms with van der Waals surface area (Å²) in [6.45, 7) is 0. The Kier molecular flexibility index (Phi) is 3.29. The number of nitrogens with one attached hydrogen (secondary N) is 1. The highest BCUT2D eigenvalue weighted by Crippen LogP contribution is 2.23. The van der Waals surface area contributed by atoms with E-state index in [-0.39, 0.29) is 16.7 Å². The number of benzene rings is 1. The first-order chi connectivity index (χ1) is 8.45. The SMILES string of the molecule is Nc1cc(Cl)nc(Nc2cc(F)c(F)c(F)c2)c1. The zero-order valence-electron chi connectivity index (χ0n) is 8.85. The average Bonchev–Trinajstić information content (AvgIpc) is 2.24. The van der Waals surface area contributed by atoms with Crippen LogP contribution >= 0.6 is 11.6 Å². The lowest BCUT2D eigenvalue weighted by molar-refractivity contribution is 0.448. The summed E-state index contributed by atoms with van der Waals surface area (Å²) in [4.78, 5) is 3.85. The number of hydrogen-bond donors (Lipinski definition) is 2. The second kappa shape index (κ2) is 4.73. The van der Waals surface area contributed by atoms with Crippen LogP contribution in [0.15, 0.2) is 24.3 Å². The van der Waals surface area contributed by atoms with Crippen LogP contribution in [0.3, 0.4) is 0 Å². The highest BCUT2D eigenvalue weighted by molar-refractivity contribution is 6.29. The second-order valence-electron chi connectivity index (χ2n) is 3.49. The van der Waals surface area contributed by atoms with Crippen molar-refractivity contribution in [1.82, 2.24) is 4.98 Å². The maximum atomic E-state index is 13.0. The predicted molar refractivity (Wildman–Crippen MR) is 63.3 cm³/mol. The van der Waals surface area contributed by atoms with Gasteiger partial charge in [0, 0.05) is 29.6 Å². The molecule has 0 spiro atoms. The van der Waals surface area contributed by atoms with Gasteiger partial charge >= 0.3 is 0 Å². The third kappa shape index (κ3) is 2.65. The molecule has 1 aromatic heterocycles. The summed E-state index contributed by atoms with van der Waals surface area (Å²) in [6.07, 6.45) is 0. The van der Waals surface area contributed by atoms with Gasteiger partial charge in [-0.05, 0) is 6.07 Å². The van der Waals surface area contributed by atoms with Crippen LogP contribution in [0.2, 0.25) is 5.15 Å². The largest absolute Gasteiger partial charge is 0.399 e. The van der Waals surface area contributed by atoms with Crippen LogP contribution in [0, 0.1) is 17.5 Å². The number of pyridine rings is 1. The lowest BCUT2D eigenvalue weighted by atomic mass is 10.3. The van der Waals surface area contributed by atoms with Crippen LogP contribution < -0.4 is 11.1 Å². The fourth-order valence-electron chi connectivity index (χ4n) is 1.36. The summed E-state index contributed by atoms with van der Waals surface area (Å²) in [6, 6.07) is 4.44. The molecular formula is C11H7ClF3N3. The van der Waals surface area contributed by atoms with Gasteiger partial charge in [0.1, 0.15) is 11.0 Å². The van der Waals surface area contributed by atoms with E-state index in [0.29, 0.717) is 5.69 Å². The van der Waals surface area contributed by atoms with Crippen molar-refractivity contribution in [3.8, 4) is 0 Å². The number of nitrogens with zero attached hydrogens (tertiary/aromatic N) is 1. The Morgan fingerprint density at radius 3 is 2.22 bits per heavy atom. The lowest BCUT2D eigenvalue weighted by Gasteiger charge is -2.07. The first-order valence-corrected chi connectivity index (χ1v) is 5.18. The third-order valence-corrected chi connectivity index (χ3v) is 2.27. The maximum Gasteiger partial charge on any atom is 0.194 e. The van der Waals surface area contributed by atoms with Gasteiger partial charge in [0.2, 0.25) is 0 Å². The molecule has 1 aromatic carbocycles. The molecule has 0 amide bonds. The van der Waals surface area contributed by atoms with Gasteiger partial charge in [-0.15, -0.1) is 0 Å². The van der Waals surface area contributed by atoms with Crippen molar-refractivity contribution in [2.75, 3.05) is 11.1 Å². The Hall–Kier alpha value is -1.95. The highest BCUT2D eigenvalue weighted by atomic mass is 35.5. The summed E-state index contributed by atoms with van der Waals surface area (Å²) in [5.41, 5.74) is 5.86. The fourth-order valence-corrected chi connectivity index (χ4v) is 1.57. The summed E-state index contributed by atoms with van der Waals surface area (Å²) in [7, 11) is 0. The van der Waals surface area contributed by atoms with E-state index in [4.69, 9.17) is 17.3 Å². The minimum Gasteiger partial charge on any atom is -0.399 e. The summed E-state index contributed by atoms with van der Waals surface area (Å²) in [5.74, 6) is -3.93. The van der Waals surface area contributed by atoms with Crippen molar-refractivity contribution in [3.63, 3.8) is 0 Å². The molecule has 94 valence electrons. The van der Waals surface area contributed by atoms with E-state index in [2.05, 4.69) is 10.3 Å². The monoisotopic (exact) mass is 273 g/mol. The topological polar surface area (TPSA) is 50.9 Å². The van der Waals surface area contributed by atoms with Gasteiger partial charge in [-0.2, -0.15) is 0 Å². The molecule has 2 rings (SSSR count). The molecule has 7 heteroatoms. The first kappa shape index (κ1) is 12.5. The average molecular weight is 274 g/mol. The number of anilines is 3. The fraction of sp³-hybridized carbons (Fsp3) is 0. The Morgan fingerprint density at radius 2 is 1.67 bits per heavy atom. The molecule has 0 atom stereocenters. The molecule has 0 bridgehead atoms. The van der Waals surface area contributed by atoms with Crippen molar-refractivity contribution in [2.24, 2.45) is 0 Å². The zero-order valence-corrected chi connectivity index (χ0v) is 9.60. The van der Waals surface area contributed by atoms with E-state index in [1.807, 2.05) is 0 Å². The molecule has 3 nitrogen and oxygen atoms in total. The van der Waals surface area contributed by atoms with Crippen LogP contribution in [0.1, 0.15) is 0 Å². The molecule has 0 fully saturated rings. The van der Waals surface area contributed by atoms with Gasteiger partial charge in [-0.25, -0.2) is 18.2 Å². The number of halogens is 4. The Labute approximate surface area is 105 Å². The van der Waals surface area contributed by atoms with Crippen molar-refractivity contribution < 1.29 is 13.2 Å². The van der Waals surface area contributed by atoms with Gasteiger partial charge in [-0.3, -0.25) is 0 Å². The van der Waals surface area contributed by atoms with Crippen LogP contribution in [0.5, 0.6) is 0 Å². The second-order valence-corrected chi connectivity index (χ2v) is 3.87. The van der Waals surface area contributed by atoms with E-state index >= 15 is 0 Å². The van der Waals surface area contributed by atoms with E-state index in [0.717, 1.165) is 12.1 Å². The number of hydrogen-bond acceptors (Lipinski definition) is 3. The van der Waals surface area contributed by atoms with Gasteiger partial charge in [0.05, 0.1) is 0 Å². The number of nitrogens with two attached hydrogens (primary N) is 1. The van der Waals surface area contributed by atoms with E-state index in [1.165, 1.54) is 12.1 Å². The summed E-state index contributed by atoms with van der Waals surface area (Å²) < 4.78 is 38.7. The predicted octanol–water partition coefficient (Wildman–Crippen LogP) is 3.48. The van der Waals surface area contributed by atoms with Crippen molar-refractivity contribution in [3.05, 3.63) is 46.9 Å². The Balaban J connectivity index is 2.34. The molecule has 2 aromatic rings. The van der Waals surface area contributed by atoms with Crippen molar-refractivity contribution in [2.45, 2.75) is 0 Å². The quantitative estimate of drug-likeness (QED) is 0.651. The molecule has 0 saturated heterocycles. The minimum atomic E-state index is -1.53. The Morgan fingerprint density at radius 1 is 1.06 bits per heavy atom. The van der Waals surface area contributed by atoms with Crippen molar-refractivity contribution >= 4 is 28.8 Å². The molecule has 1 heterocycles. The first-order valence-electron chi connectivity index (χ1n) is 4.80. The number of rotatable bonds is 2. The number of aromatic nitrogens is 1. The zero-order chi connectivity index (χ0) is 13.3. The molecule has 18 heavy (non-hydrogen) atoms. The van der Waals surface area contributed by atoms with Crippen LogP contribution in [0.4, 0.5) is 30.4 Å². The molecule has 0 aliphatic carbocycles. The molecule has 3 N–H and O–H groups in total. The van der Waals surface area contributed by atoms with Gasteiger partial charge in [-0.1, -0.05) is 11.6 Å².